The summed E-state index contributed by atoms with van der Waals surface area (Å²) in [5.41, 5.74) is -0.441. The smallest absolute Gasteiger partial charge is 0.337 e. The van der Waals surface area contributed by atoms with Crippen molar-refractivity contribution in [3.63, 3.8) is 0 Å². The molecule has 0 aromatic heterocycles. The van der Waals surface area contributed by atoms with Crippen LogP contribution in [0.4, 0.5) is 13.2 Å². The van der Waals surface area contributed by atoms with Crippen molar-refractivity contribution in [2.45, 2.75) is 18.6 Å². The van der Waals surface area contributed by atoms with E-state index in [1.54, 1.807) is 4.90 Å². The molecule has 1 N–H and O–H groups in total. The predicted octanol–water partition coefficient (Wildman–Crippen LogP) is 2.14. The number of nitrogens with one attached hydrogen (secondary N) is 1. The fourth-order valence-corrected chi connectivity index (χ4v) is 2.16. The molecule has 6 heteroatoms. The second kappa shape index (κ2) is 5.21. The molecule has 19 heavy (non-hydrogen) atoms. The van der Waals surface area contributed by atoms with E-state index in [9.17, 15) is 18.0 Å². The molecule has 1 fully saturated rings. The maximum Gasteiger partial charge on any atom is 0.416 e. The van der Waals surface area contributed by atoms with Crippen LogP contribution in [0.25, 0.3) is 0 Å². The lowest BCUT2D eigenvalue weighted by Crippen LogP contribution is -2.33. The molecule has 0 saturated carbocycles. The number of benzene rings is 1. The minimum atomic E-state index is -4.37. The molecule has 104 valence electrons. The number of carbonyl (C=O) groups is 1. The van der Waals surface area contributed by atoms with Crippen LogP contribution in [0.3, 0.4) is 0 Å². The van der Waals surface area contributed by atoms with Crippen molar-refractivity contribution in [3.8, 4) is 0 Å². The van der Waals surface area contributed by atoms with Crippen molar-refractivity contribution >= 4 is 5.91 Å². The number of halogens is 3. The van der Waals surface area contributed by atoms with Gasteiger partial charge < -0.3 is 10.2 Å². The molecule has 1 heterocycles. The fraction of sp³-hybridized carbons (Fsp3) is 0.462. The standard InChI is InChI=1S/C13H15F3N2O/c1-17-11-6-7-18(8-11)12(19)9-2-4-10(5-3-9)13(14,15)16/h2-5,11,17H,6-8H2,1H3/t11-/m1/s1. The molecule has 1 aliphatic heterocycles. The van der Waals surface area contributed by atoms with Gasteiger partial charge in [-0.3, -0.25) is 4.79 Å². The monoisotopic (exact) mass is 272 g/mol. The van der Waals surface area contributed by atoms with Crippen molar-refractivity contribution in [1.29, 1.82) is 0 Å². The van der Waals surface area contributed by atoms with Crippen LogP contribution in [-0.4, -0.2) is 37.0 Å². The number of nitrogens with zero attached hydrogens (tertiary/aromatic N) is 1. The van der Waals surface area contributed by atoms with Gasteiger partial charge in [-0.1, -0.05) is 0 Å². The molecule has 0 spiro atoms. The van der Waals surface area contributed by atoms with Gasteiger partial charge in [0.1, 0.15) is 0 Å². The van der Waals surface area contributed by atoms with E-state index in [2.05, 4.69) is 5.32 Å². The normalized spacial score (nSPS) is 19.8. The van der Waals surface area contributed by atoms with E-state index >= 15 is 0 Å². The van der Waals surface area contributed by atoms with E-state index in [0.29, 0.717) is 18.7 Å². The number of likely N-dealkylation sites (N-methyl/N-ethyl adjacent to an activating group) is 1. The van der Waals surface area contributed by atoms with Gasteiger partial charge in [0.2, 0.25) is 0 Å². The van der Waals surface area contributed by atoms with Crippen LogP contribution in [-0.2, 0) is 6.18 Å². The summed E-state index contributed by atoms with van der Waals surface area (Å²) in [6.45, 7) is 1.22. The summed E-state index contributed by atoms with van der Waals surface area (Å²) >= 11 is 0. The first-order valence-corrected chi connectivity index (χ1v) is 6.05. The van der Waals surface area contributed by atoms with Gasteiger partial charge >= 0.3 is 6.18 Å². The Morgan fingerprint density at radius 2 is 1.95 bits per heavy atom. The molecule has 1 aromatic carbocycles. The van der Waals surface area contributed by atoms with Gasteiger partial charge in [0.15, 0.2) is 0 Å². The SMILES string of the molecule is CN[C@@H]1CCN(C(=O)c2ccc(C(F)(F)F)cc2)C1. The Balaban J connectivity index is 2.08. The zero-order chi connectivity index (χ0) is 14.0. The topological polar surface area (TPSA) is 32.3 Å². The van der Waals surface area contributed by atoms with Crippen LogP contribution in [0.15, 0.2) is 24.3 Å². The Labute approximate surface area is 109 Å². The number of amides is 1. The van der Waals surface area contributed by atoms with Gasteiger partial charge in [-0.05, 0) is 37.7 Å². The highest BCUT2D eigenvalue weighted by atomic mass is 19.4. The molecule has 0 unspecified atom stereocenters. The first-order valence-electron chi connectivity index (χ1n) is 6.05. The highest BCUT2D eigenvalue weighted by molar-refractivity contribution is 5.94. The second-order valence-electron chi connectivity index (χ2n) is 4.60. The van der Waals surface area contributed by atoms with Crippen LogP contribution >= 0.6 is 0 Å². The van der Waals surface area contributed by atoms with Gasteiger partial charge in [-0.2, -0.15) is 13.2 Å². The highest BCUT2D eigenvalue weighted by Crippen LogP contribution is 2.29. The van der Waals surface area contributed by atoms with Crippen molar-refractivity contribution in [2.75, 3.05) is 20.1 Å². The van der Waals surface area contributed by atoms with Crippen LogP contribution in [0.2, 0.25) is 0 Å². The molecular weight excluding hydrogens is 257 g/mol. The minimum Gasteiger partial charge on any atom is -0.337 e. The zero-order valence-electron chi connectivity index (χ0n) is 10.5. The molecule has 1 saturated heterocycles. The van der Waals surface area contributed by atoms with Crippen molar-refractivity contribution in [3.05, 3.63) is 35.4 Å². The van der Waals surface area contributed by atoms with Crippen LogP contribution in [0.1, 0.15) is 22.3 Å². The van der Waals surface area contributed by atoms with Crippen molar-refractivity contribution < 1.29 is 18.0 Å². The number of likely N-dealkylation sites (tertiary alicyclic amines) is 1. The first kappa shape index (κ1) is 13.9. The summed E-state index contributed by atoms with van der Waals surface area (Å²) < 4.78 is 37.2. The third-order valence-electron chi connectivity index (χ3n) is 3.34. The average Bonchev–Trinajstić information content (AvgIpc) is 2.86. The van der Waals surface area contributed by atoms with Gasteiger partial charge in [0.25, 0.3) is 5.91 Å². The van der Waals surface area contributed by atoms with E-state index in [1.807, 2.05) is 7.05 Å². The Morgan fingerprint density at radius 3 is 2.42 bits per heavy atom. The predicted molar refractivity (Wildman–Crippen MR) is 64.8 cm³/mol. The molecule has 1 amide bonds. The summed E-state index contributed by atoms with van der Waals surface area (Å²) in [7, 11) is 1.83. The summed E-state index contributed by atoms with van der Waals surface area (Å²) in [4.78, 5) is 13.7. The quantitative estimate of drug-likeness (QED) is 0.894. The number of hydrogen-bond acceptors (Lipinski definition) is 2. The maximum atomic E-state index is 12.4. The lowest BCUT2D eigenvalue weighted by atomic mass is 10.1. The summed E-state index contributed by atoms with van der Waals surface area (Å²) in [6.07, 6.45) is -3.50. The van der Waals surface area contributed by atoms with Crippen LogP contribution in [0, 0.1) is 0 Å². The lowest BCUT2D eigenvalue weighted by molar-refractivity contribution is -0.137. The molecule has 3 nitrogen and oxygen atoms in total. The van der Waals surface area contributed by atoms with Gasteiger partial charge in [0, 0.05) is 24.7 Å². The van der Waals surface area contributed by atoms with E-state index in [-0.39, 0.29) is 11.9 Å². The molecule has 0 aliphatic carbocycles. The molecule has 0 radical (unpaired) electrons. The molecule has 2 rings (SSSR count). The van der Waals surface area contributed by atoms with Crippen LogP contribution < -0.4 is 5.32 Å². The van der Waals surface area contributed by atoms with E-state index in [0.717, 1.165) is 18.6 Å². The van der Waals surface area contributed by atoms with Gasteiger partial charge in [-0.15, -0.1) is 0 Å². The first-order chi connectivity index (χ1) is 8.91. The van der Waals surface area contributed by atoms with Crippen molar-refractivity contribution in [1.82, 2.24) is 10.2 Å². The Morgan fingerprint density at radius 1 is 1.32 bits per heavy atom. The molecular formula is C13H15F3N2O. The summed E-state index contributed by atoms with van der Waals surface area (Å²) in [5.74, 6) is -0.216. The van der Waals surface area contributed by atoms with E-state index in [1.165, 1.54) is 12.1 Å². The molecule has 1 aliphatic rings. The summed E-state index contributed by atoms with van der Waals surface area (Å²) in [5, 5.41) is 3.09. The number of rotatable bonds is 2. The van der Waals surface area contributed by atoms with E-state index < -0.39 is 11.7 Å². The molecule has 0 bridgehead atoms. The average molecular weight is 272 g/mol. The zero-order valence-corrected chi connectivity index (χ0v) is 10.5. The Bertz CT molecular complexity index is 456. The highest BCUT2D eigenvalue weighted by Gasteiger charge is 2.31. The number of hydrogen-bond donors (Lipinski definition) is 1. The minimum absolute atomic E-state index is 0.216. The van der Waals surface area contributed by atoms with Crippen molar-refractivity contribution in [2.24, 2.45) is 0 Å². The second-order valence-corrected chi connectivity index (χ2v) is 4.60. The summed E-state index contributed by atoms with van der Waals surface area (Å²) in [6, 6.07) is 4.62. The molecule has 1 atom stereocenters. The maximum absolute atomic E-state index is 12.4. The van der Waals surface area contributed by atoms with Gasteiger partial charge in [0.05, 0.1) is 5.56 Å². The molecule has 1 aromatic rings. The lowest BCUT2D eigenvalue weighted by Gasteiger charge is -2.16. The largest absolute Gasteiger partial charge is 0.416 e. The number of carbonyl (C=O) groups excluding carboxylic acids is 1. The van der Waals surface area contributed by atoms with E-state index in [4.69, 9.17) is 0 Å². The fourth-order valence-electron chi connectivity index (χ4n) is 2.16. The Hall–Kier alpha value is -1.56. The Kier molecular flexibility index (Phi) is 3.80. The third kappa shape index (κ3) is 3.07. The number of alkyl halides is 3. The third-order valence-corrected chi connectivity index (χ3v) is 3.34. The van der Waals surface area contributed by atoms with Crippen LogP contribution in [0.5, 0.6) is 0 Å². The van der Waals surface area contributed by atoms with Gasteiger partial charge in [-0.25, -0.2) is 0 Å².